The number of aliphatic imine (C=N–C) groups is 1. The Kier molecular flexibility index (Phi) is 5.73. The molecule has 6 heteroatoms. The van der Waals surface area contributed by atoms with Gasteiger partial charge in [0.1, 0.15) is 4.83 Å². The lowest BCUT2D eigenvalue weighted by atomic mass is 9.72. The predicted octanol–water partition coefficient (Wildman–Crippen LogP) is 5.80. The van der Waals surface area contributed by atoms with Gasteiger partial charge in [0.15, 0.2) is 5.82 Å². The monoisotopic (exact) mass is 423 g/mol. The summed E-state index contributed by atoms with van der Waals surface area (Å²) in [6.45, 7) is 11.9. The maximum Gasteiger partial charge on any atom is 0.156 e. The number of nitrogens with zero attached hydrogens (tertiary/aromatic N) is 2. The number of hydrogen-bond donors (Lipinski definition) is 3. The summed E-state index contributed by atoms with van der Waals surface area (Å²) in [6.07, 6.45) is 6.98. The first-order valence-corrected chi connectivity index (χ1v) is 11.7. The second kappa shape index (κ2) is 8.16. The van der Waals surface area contributed by atoms with Crippen molar-refractivity contribution < 1.29 is 0 Å². The molecular formula is C24H33N5S. The molecule has 0 saturated heterocycles. The summed E-state index contributed by atoms with van der Waals surface area (Å²) in [5.41, 5.74) is 18.7. The van der Waals surface area contributed by atoms with Crippen LogP contribution in [0.3, 0.4) is 0 Å². The molecule has 3 aromatic rings. The first-order valence-electron chi connectivity index (χ1n) is 10.9. The minimum atomic E-state index is 0.419. The molecule has 1 fully saturated rings. The Labute approximate surface area is 183 Å². The molecule has 0 amide bonds. The topological polar surface area (TPSA) is 93.1 Å². The highest BCUT2D eigenvalue weighted by Crippen LogP contribution is 2.51. The van der Waals surface area contributed by atoms with Gasteiger partial charge >= 0.3 is 0 Å². The van der Waals surface area contributed by atoms with E-state index in [1.54, 1.807) is 4.88 Å². The fourth-order valence-electron chi connectivity index (χ4n) is 4.99. The summed E-state index contributed by atoms with van der Waals surface area (Å²) in [6, 6.07) is 0. The van der Waals surface area contributed by atoms with E-state index in [1.807, 2.05) is 17.5 Å². The molecular weight excluding hydrogens is 390 g/mol. The molecule has 4 rings (SSSR count). The molecule has 0 aliphatic heterocycles. The van der Waals surface area contributed by atoms with Gasteiger partial charge in [0.25, 0.3) is 0 Å². The van der Waals surface area contributed by atoms with E-state index in [9.17, 15) is 0 Å². The lowest BCUT2D eigenvalue weighted by molar-refractivity contribution is 0.254. The van der Waals surface area contributed by atoms with Crippen molar-refractivity contribution in [3.05, 3.63) is 33.3 Å². The zero-order valence-corrected chi connectivity index (χ0v) is 19.5. The third-order valence-corrected chi connectivity index (χ3v) is 8.17. The van der Waals surface area contributed by atoms with Crippen LogP contribution in [0.1, 0.15) is 72.1 Å². The average molecular weight is 424 g/mol. The minimum Gasteiger partial charge on any atom is -0.390 e. The van der Waals surface area contributed by atoms with Gasteiger partial charge in [-0.15, -0.1) is 11.3 Å². The van der Waals surface area contributed by atoms with Crippen LogP contribution >= 0.6 is 11.3 Å². The second-order valence-electron chi connectivity index (χ2n) is 9.00. The van der Waals surface area contributed by atoms with Crippen molar-refractivity contribution in [3.8, 4) is 11.3 Å². The lowest BCUT2D eigenvalue weighted by Gasteiger charge is -2.35. The molecule has 0 radical (unpaired) electrons. The maximum atomic E-state index is 5.75. The quantitative estimate of drug-likeness (QED) is 0.345. The highest BCUT2D eigenvalue weighted by molar-refractivity contribution is 7.19. The zero-order valence-electron chi connectivity index (χ0n) is 18.7. The molecule has 30 heavy (non-hydrogen) atoms. The van der Waals surface area contributed by atoms with Gasteiger partial charge in [-0.05, 0) is 86.6 Å². The number of nitrogens with one attached hydrogen (secondary N) is 1. The zero-order chi connectivity index (χ0) is 21.6. The van der Waals surface area contributed by atoms with Crippen molar-refractivity contribution in [2.24, 2.45) is 22.4 Å². The number of hydrogen-bond acceptors (Lipinski definition) is 4. The van der Waals surface area contributed by atoms with Gasteiger partial charge in [-0.3, -0.25) is 0 Å². The normalized spacial score (nSPS) is 19.3. The van der Waals surface area contributed by atoms with Crippen LogP contribution in [0, 0.1) is 26.7 Å². The Morgan fingerprint density at radius 3 is 2.60 bits per heavy atom. The van der Waals surface area contributed by atoms with Gasteiger partial charge in [0.2, 0.25) is 0 Å². The standard InChI is InChI=1S/C24H33N5S/c1-12(2)19-20-15(5)22(17-8-16(9-17)6-7-25)30-24(20)29-21(19)18-10-27-23(28-11-26)14(4)13(18)3/h10-12,16-17,29H,6-9,25H2,1-5H3,(H2,26,27,28). The minimum absolute atomic E-state index is 0.419. The van der Waals surface area contributed by atoms with Crippen molar-refractivity contribution in [1.82, 2.24) is 9.97 Å². The molecule has 160 valence electrons. The van der Waals surface area contributed by atoms with Gasteiger partial charge in [0, 0.05) is 22.0 Å². The van der Waals surface area contributed by atoms with Gasteiger partial charge in [0.05, 0.1) is 12.0 Å². The molecule has 3 aromatic heterocycles. The molecule has 0 spiro atoms. The molecule has 5 N–H and O–H groups in total. The van der Waals surface area contributed by atoms with Gasteiger partial charge in [-0.25, -0.2) is 9.98 Å². The van der Waals surface area contributed by atoms with Crippen LogP contribution < -0.4 is 11.5 Å². The van der Waals surface area contributed by atoms with Crippen LogP contribution in [0.4, 0.5) is 5.82 Å². The number of rotatable bonds is 6. The highest BCUT2D eigenvalue weighted by atomic mass is 32.1. The van der Waals surface area contributed by atoms with E-state index in [-0.39, 0.29) is 0 Å². The molecule has 1 aliphatic rings. The van der Waals surface area contributed by atoms with E-state index < -0.39 is 0 Å². The van der Waals surface area contributed by atoms with Crippen LogP contribution in [-0.4, -0.2) is 22.9 Å². The van der Waals surface area contributed by atoms with Crippen molar-refractivity contribution in [1.29, 1.82) is 0 Å². The van der Waals surface area contributed by atoms with Gasteiger partial charge < -0.3 is 16.5 Å². The van der Waals surface area contributed by atoms with Crippen LogP contribution in [0.5, 0.6) is 0 Å². The van der Waals surface area contributed by atoms with Gasteiger partial charge in [-0.2, -0.15) is 0 Å². The van der Waals surface area contributed by atoms with Crippen molar-refractivity contribution in [2.45, 2.75) is 65.7 Å². The van der Waals surface area contributed by atoms with Crippen LogP contribution in [-0.2, 0) is 0 Å². The summed E-state index contributed by atoms with van der Waals surface area (Å²) in [5, 5.41) is 1.42. The fraction of sp³-hybridized carbons (Fsp3) is 0.500. The number of thiophene rings is 1. The largest absolute Gasteiger partial charge is 0.390 e. The molecule has 1 aliphatic carbocycles. The Morgan fingerprint density at radius 2 is 1.97 bits per heavy atom. The molecule has 5 nitrogen and oxygen atoms in total. The van der Waals surface area contributed by atoms with Gasteiger partial charge in [-0.1, -0.05) is 13.8 Å². The molecule has 0 atom stereocenters. The van der Waals surface area contributed by atoms with E-state index in [0.29, 0.717) is 17.7 Å². The summed E-state index contributed by atoms with van der Waals surface area (Å²) in [5.74, 6) is 2.62. The Morgan fingerprint density at radius 1 is 1.23 bits per heavy atom. The number of fused-ring (bicyclic) bond motifs is 1. The van der Waals surface area contributed by atoms with E-state index in [1.165, 1.54) is 51.8 Å². The smallest absolute Gasteiger partial charge is 0.156 e. The highest BCUT2D eigenvalue weighted by Gasteiger charge is 2.33. The maximum absolute atomic E-state index is 5.75. The molecule has 0 aromatic carbocycles. The molecule has 0 bridgehead atoms. The Hall–Kier alpha value is -2.18. The number of pyridine rings is 1. The molecule has 0 unspecified atom stereocenters. The first kappa shape index (κ1) is 21.1. The number of aryl methyl sites for hydroxylation is 1. The van der Waals surface area contributed by atoms with E-state index >= 15 is 0 Å². The van der Waals surface area contributed by atoms with Crippen LogP contribution in [0.15, 0.2) is 11.2 Å². The fourth-order valence-corrected chi connectivity index (χ4v) is 6.34. The van der Waals surface area contributed by atoms with Crippen LogP contribution in [0.2, 0.25) is 0 Å². The van der Waals surface area contributed by atoms with E-state index in [0.717, 1.165) is 30.0 Å². The van der Waals surface area contributed by atoms with Crippen LogP contribution in [0.25, 0.3) is 21.5 Å². The SMILES string of the molecule is Cc1c(-c2[nH]c3sc(C4CC(CCN)C4)c(C)c3c2C(C)C)cnc(N=CN)c1C. The first-order chi connectivity index (χ1) is 14.4. The summed E-state index contributed by atoms with van der Waals surface area (Å²) in [4.78, 5) is 15.4. The number of H-pyrrole nitrogens is 1. The lowest BCUT2D eigenvalue weighted by Crippen LogP contribution is -2.24. The van der Waals surface area contributed by atoms with E-state index in [2.05, 4.69) is 49.6 Å². The average Bonchev–Trinajstić information content (AvgIpc) is 3.19. The third kappa shape index (κ3) is 3.36. The van der Waals surface area contributed by atoms with E-state index in [4.69, 9.17) is 11.5 Å². The second-order valence-corrected chi connectivity index (χ2v) is 10.1. The number of aromatic nitrogens is 2. The van der Waals surface area contributed by atoms with Crippen molar-refractivity contribution >= 4 is 33.7 Å². The Bertz CT molecular complexity index is 1100. The Balaban J connectivity index is 1.79. The molecule has 1 saturated carbocycles. The predicted molar refractivity (Wildman–Crippen MR) is 129 cm³/mol. The van der Waals surface area contributed by atoms with Crippen molar-refractivity contribution in [2.75, 3.05) is 6.54 Å². The summed E-state index contributed by atoms with van der Waals surface area (Å²) < 4.78 is 0. The number of aromatic amines is 1. The summed E-state index contributed by atoms with van der Waals surface area (Å²) >= 11 is 1.95. The number of nitrogens with two attached hydrogens (primary N) is 2. The van der Waals surface area contributed by atoms with Crippen molar-refractivity contribution in [3.63, 3.8) is 0 Å². The third-order valence-electron chi connectivity index (χ3n) is 6.80. The summed E-state index contributed by atoms with van der Waals surface area (Å²) in [7, 11) is 0. The molecule has 3 heterocycles.